The molecular weight excluding hydrogens is 316 g/mol. The predicted octanol–water partition coefficient (Wildman–Crippen LogP) is 1.60. The summed E-state index contributed by atoms with van der Waals surface area (Å²) in [5.41, 5.74) is 2.22. The van der Waals surface area contributed by atoms with Gasteiger partial charge in [-0.15, -0.1) is 0 Å². The lowest BCUT2D eigenvalue weighted by Gasteiger charge is -2.11. The van der Waals surface area contributed by atoms with Gasteiger partial charge >= 0.3 is 0 Å². The standard InChI is InChI=1S/C19H26N4O2/c1-3-20-19(21-11-13-25-2)22-14-16-7-9-17(10-8-16)15-23-12-5-4-6-18(23)24/h4-10,12H,3,11,13-15H2,1-2H3,(H2,20,21,22). The maximum Gasteiger partial charge on any atom is 0.250 e. The molecule has 0 unspecified atom stereocenters. The van der Waals surface area contributed by atoms with Crippen molar-refractivity contribution in [3.05, 3.63) is 70.1 Å². The predicted molar refractivity (Wildman–Crippen MR) is 101 cm³/mol. The Balaban J connectivity index is 1.95. The van der Waals surface area contributed by atoms with E-state index >= 15 is 0 Å². The van der Waals surface area contributed by atoms with Crippen LogP contribution in [-0.4, -0.2) is 37.3 Å². The van der Waals surface area contributed by atoms with Crippen molar-refractivity contribution in [1.82, 2.24) is 15.2 Å². The maximum absolute atomic E-state index is 11.8. The van der Waals surface area contributed by atoms with E-state index in [0.29, 0.717) is 26.2 Å². The SMILES string of the molecule is CCNC(=NCc1ccc(Cn2ccccc2=O)cc1)NCCOC. The topological polar surface area (TPSA) is 67.7 Å². The molecule has 0 aliphatic heterocycles. The van der Waals surface area contributed by atoms with Crippen molar-refractivity contribution in [1.29, 1.82) is 0 Å². The van der Waals surface area contributed by atoms with Crippen molar-refractivity contribution in [2.75, 3.05) is 26.8 Å². The van der Waals surface area contributed by atoms with Gasteiger partial charge in [0.15, 0.2) is 5.96 Å². The smallest absolute Gasteiger partial charge is 0.250 e. The van der Waals surface area contributed by atoms with Gasteiger partial charge in [-0.1, -0.05) is 30.3 Å². The number of aromatic nitrogens is 1. The molecule has 0 bridgehead atoms. The first-order valence-electron chi connectivity index (χ1n) is 8.47. The fraction of sp³-hybridized carbons (Fsp3) is 0.368. The average molecular weight is 342 g/mol. The van der Waals surface area contributed by atoms with E-state index in [4.69, 9.17) is 4.74 Å². The van der Waals surface area contributed by atoms with Gasteiger partial charge in [0.1, 0.15) is 0 Å². The van der Waals surface area contributed by atoms with E-state index in [1.807, 2.05) is 37.3 Å². The monoisotopic (exact) mass is 342 g/mol. The molecule has 0 aliphatic rings. The summed E-state index contributed by atoms with van der Waals surface area (Å²) < 4.78 is 6.72. The lowest BCUT2D eigenvalue weighted by atomic mass is 10.1. The Labute approximate surface area is 148 Å². The van der Waals surface area contributed by atoms with Crippen LogP contribution in [-0.2, 0) is 17.8 Å². The van der Waals surface area contributed by atoms with Gasteiger partial charge in [0.05, 0.1) is 19.7 Å². The third-order valence-electron chi connectivity index (χ3n) is 3.64. The Morgan fingerprint density at radius 1 is 1.12 bits per heavy atom. The number of aliphatic imine (C=N–C) groups is 1. The van der Waals surface area contributed by atoms with Crippen LogP contribution < -0.4 is 16.2 Å². The number of nitrogens with one attached hydrogen (secondary N) is 2. The first kappa shape index (κ1) is 18.7. The largest absolute Gasteiger partial charge is 0.383 e. The zero-order chi connectivity index (χ0) is 17.9. The molecule has 1 heterocycles. The summed E-state index contributed by atoms with van der Waals surface area (Å²) in [6, 6.07) is 13.4. The number of methoxy groups -OCH3 is 1. The molecule has 0 aliphatic carbocycles. The number of pyridine rings is 1. The Morgan fingerprint density at radius 3 is 2.56 bits per heavy atom. The minimum atomic E-state index is 0.00796. The van der Waals surface area contributed by atoms with E-state index in [2.05, 4.69) is 15.6 Å². The van der Waals surface area contributed by atoms with Crippen LogP contribution in [0.2, 0.25) is 0 Å². The number of benzene rings is 1. The quantitative estimate of drug-likeness (QED) is 0.434. The number of nitrogens with zero attached hydrogens (tertiary/aromatic N) is 2. The van der Waals surface area contributed by atoms with Crippen LogP contribution in [0, 0.1) is 0 Å². The molecule has 2 aromatic rings. The van der Waals surface area contributed by atoms with Crippen molar-refractivity contribution >= 4 is 5.96 Å². The van der Waals surface area contributed by atoms with Crippen LogP contribution in [0.1, 0.15) is 18.1 Å². The number of guanidine groups is 1. The normalized spacial score (nSPS) is 11.4. The molecule has 0 saturated carbocycles. The summed E-state index contributed by atoms with van der Waals surface area (Å²) in [5.74, 6) is 0.777. The Kier molecular flexibility index (Phi) is 7.72. The fourth-order valence-electron chi connectivity index (χ4n) is 2.32. The van der Waals surface area contributed by atoms with Crippen LogP contribution >= 0.6 is 0 Å². The summed E-state index contributed by atoms with van der Waals surface area (Å²) in [6.07, 6.45) is 1.80. The summed E-state index contributed by atoms with van der Waals surface area (Å²) >= 11 is 0. The highest BCUT2D eigenvalue weighted by Crippen LogP contribution is 2.07. The minimum Gasteiger partial charge on any atom is -0.383 e. The highest BCUT2D eigenvalue weighted by Gasteiger charge is 2.00. The fourth-order valence-corrected chi connectivity index (χ4v) is 2.32. The molecule has 1 aromatic carbocycles. The van der Waals surface area contributed by atoms with Crippen LogP contribution in [0.4, 0.5) is 0 Å². The molecule has 134 valence electrons. The van der Waals surface area contributed by atoms with Crippen LogP contribution in [0.15, 0.2) is 58.4 Å². The molecule has 2 rings (SSSR count). The van der Waals surface area contributed by atoms with Crippen molar-refractivity contribution in [2.24, 2.45) is 4.99 Å². The summed E-state index contributed by atoms with van der Waals surface area (Å²) in [7, 11) is 1.68. The summed E-state index contributed by atoms with van der Waals surface area (Å²) in [6.45, 7) is 5.36. The molecule has 25 heavy (non-hydrogen) atoms. The molecule has 0 spiro atoms. The number of hydrogen-bond donors (Lipinski definition) is 2. The van der Waals surface area contributed by atoms with E-state index in [1.54, 1.807) is 30.0 Å². The molecule has 6 nitrogen and oxygen atoms in total. The second kappa shape index (κ2) is 10.3. The van der Waals surface area contributed by atoms with Crippen LogP contribution in [0.25, 0.3) is 0 Å². The molecule has 0 radical (unpaired) electrons. The summed E-state index contributed by atoms with van der Waals surface area (Å²) in [4.78, 5) is 16.3. The second-order valence-electron chi connectivity index (χ2n) is 5.60. The first-order valence-corrected chi connectivity index (χ1v) is 8.47. The van der Waals surface area contributed by atoms with Crippen LogP contribution in [0.5, 0.6) is 0 Å². The van der Waals surface area contributed by atoms with Gasteiger partial charge in [-0.05, 0) is 24.1 Å². The average Bonchev–Trinajstić information content (AvgIpc) is 2.63. The zero-order valence-corrected chi connectivity index (χ0v) is 14.9. The van der Waals surface area contributed by atoms with E-state index in [9.17, 15) is 4.79 Å². The number of hydrogen-bond acceptors (Lipinski definition) is 3. The highest BCUT2D eigenvalue weighted by molar-refractivity contribution is 5.79. The Morgan fingerprint density at radius 2 is 1.88 bits per heavy atom. The molecule has 2 N–H and O–H groups in total. The molecule has 1 aromatic heterocycles. The second-order valence-corrected chi connectivity index (χ2v) is 5.60. The van der Waals surface area contributed by atoms with Gasteiger partial charge in [0.2, 0.25) is 0 Å². The maximum atomic E-state index is 11.8. The molecule has 0 saturated heterocycles. The van der Waals surface area contributed by atoms with Gasteiger partial charge in [-0.3, -0.25) is 4.79 Å². The molecule has 6 heteroatoms. The van der Waals surface area contributed by atoms with Crippen molar-refractivity contribution in [3.63, 3.8) is 0 Å². The Bertz CT molecular complexity index is 723. The zero-order valence-electron chi connectivity index (χ0n) is 14.9. The summed E-state index contributed by atoms with van der Waals surface area (Å²) in [5, 5.41) is 6.43. The Hall–Kier alpha value is -2.60. The van der Waals surface area contributed by atoms with Gasteiger partial charge < -0.3 is 19.9 Å². The molecule has 0 atom stereocenters. The van der Waals surface area contributed by atoms with Gasteiger partial charge in [0, 0.05) is 32.5 Å². The van der Waals surface area contributed by atoms with E-state index in [-0.39, 0.29) is 5.56 Å². The third-order valence-corrected chi connectivity index (χ3v) is 3.64. The lowest BCUT2D eigenvalue weighted by molar-refractivity contribution is 0.203. The van der Waals surface area contributed by atoms with E-state index < -0.39 is 0 Å². The number of rotatable bonds is 8. The van der Waals surface area contributed by atoms with E-state index in [1.165, 1.54) is 0 Å². The van der Waals surface area contributed by atoms with Crippen molar-refractivity contribution < 1.29 is 4.74 Å². The molecule has 0 amide bonds. The van der Waals surface area contributed by atoms with Gasteiger partial charge in [-0.25, -0.2) is 4.99 Å². The first-order chi connectivity index (χ1) is 12.2. The number of ether oxygens (including phenoxy) is 1. The molecular formula is C19H26N4O2. The van der Waals surface area contributed by atoms with Gasteiger partial charge in [-0.2, -0.15) is 0 Å². The highest BCUT2D eigenvalue weighted by atomic mass is 16.5. The van der Waals surface area contributed by atoms with E-state index in [0.717, 1.165) is 23.6 Å². The van der Waals surface area contributed by atoms with Gasteiger partial charge in [0.25, 0.3) is 5.56 Å². The van der Waals surface area contributed by atoms with Crippen molar-refractivity contribution in [2.45, 2.75) is 20.0 Å². The third kappa shape index (κ3) is 6.43. The lowest BCUT2D eigenvalue weighted by Crippen LogP contribution is -2.38. The van der Waals surface area contributed by atoms with Crippen LogP contribution in [0.3, 0.4) is 0 Å². The minimum absolute atomic E-state index is 0.00796. The molecule has 0 fully saturated rings. The van der Waals surface area contributed by atoms with Crippen molar-refractivity contribution in [3.8, 4) is 0 Å².